The Morgan fingerprint density at radius 2 is 2.00 bits per heavy atom. The highest BCUT2D eigenvalue weighted by atomic mass is 15.3. The first-order valence-electron chi connectivity index (χ1n) is 6.69. The van der Waals surface area contributed by atoms with E-state index in [0.29, 0.717) is 6.04 Å². The first-order chi connectivity index (χ1) is 8.33. The highest BCUT2D eigenvalue weighted by molar-refractivity contribution is 5.42. The van der Waals surface area contributed by atoms with Gasteiger partial charge in [0.25, 0.3) is 0 Å². The van der Waals surface area contributed by atoms with Crippen LogP contribution in [0.5, 0.6) is 0 Å². The molecule has 1 atom stereocenters. The second-order valence-electron chi connectivity index (χ2n) is 5.23. The third kappa shape index (κ3) is 2.27. The Morgan fingerprint density at radius 1 is 1.18 bits per heavy atom. The molecule has 1 fully saturated rings. The predicted octanol–water partition coefficient (Wildman–Crippen LogP) is 1.28. The molecular weight excluding hydrogens is 212 g/mol. The Bertz CT molecular complexity index is 398. The van der Waals surface area contributed by atoms with Crippen LogP contribution < -0.4 is 10.6 Å². The summed E-state index contributed by atoms with van der Waals surface area (Å²) in [6, 6.07) is 2.52. The average Bonchev–Trinajstić information content (AvgIpc) is 2.39. The maximum atomic E-state index is 6.02. The molecule has 0 saturated carbocycles. The summed E-state index contributed by atoms with van der Waals surface area (Å²) in [4.78, 5) is 2.36. The van der Waals surface area contributed by atoms with Crippen LogP contribution in [-0.4, -0.2) is 29.3 Å². The number of hydrogen-bond acceptors (Lipinski definition) is 4. The van der Waals surface area contributed by atoms with E-state index in [1.54, 1.807) is 0 Å². The zero-order valence-corrected chi connectivity index (χ0v) is 10.2. The van der Waals surface area contributed by atoms with Crippen molar-refractivity contribution >= 4 is 5.82 Å². The van der Waals surface area contributed by atoms with Crippen molar-refractivity contribution in [1.82, 2.24) is 10.2 Å². The molecule has 1 aliphatic carbocycles. The zero-order valence-electron chi connectivity index (χ0n) is 10.2. The lowest BCUT2D eigenvalue weighted by molar-refractivity contribution is 0.550. The fourth-order valence-corrected chi connectivity index (χ4v) is 2.82. The maximum Gasteiger partial charge on any atom is 0.151 e. The molecule has 4 heteroatoms. The monoisotopic (exact) mass is 232 g/mol. The summed E-state index contributed by atoms with van der Waals surface area (Å²) < 4.78 is 0. The van der Waals surface area contributed by atoms with Gasteiger partial charge < -0.3 is 10.6 Å². The topological polar surface area (TPSA) is 55.0 Å². The van der Waals surface area contributed by atoms with Gasteiger partial charge in [-0.2, -0.15) is 5.10 Å². The highest BCUT2D eigenvalue weighted by Gasteiger charge is 2.20. The van der Waals surface area contributed by atoms with Crippen molar-refractivity contribution in [2.75, 3.05) is 18.0 Å². The molecule has 3 rings (SSSR count). The van der Waals surface area contributed by atoms with Crippen molar-refractivity contribution in [2.45, 2.75) is 44.6 Å². The van der Waals surface area contributed by atoms with Crippen LogP contribution in [-0.2, 0) is 12.8 Å². The number of fused-ring (bicyclic) bond motifs is 1. The lowest BCUT2D eigenvalue weighted by atomic mass is 9.93. The maximum absolute atomic E-state index is 6.02. The standard InChI is InChI=1S/C13H20N4/c14-11-4-5-12-10(8-11)9-13(16-15-12)17-6-2-1-3-7-17/h9,11H,1-8,14H2. The van der Waals surface area contributed by atoms with Crippen molar-refractivity contribution in [1.29, 1.82) is 0 Å². The molecule has 92 valence electrons. The Hall–Kier alpha value is -1.16. The van der Waals surface area contributed by atoms with Gasteiger partial charge in [-0.1, -0.05) is 0 Å². The van der Waals surface area contributed by atoms with E-state index in [-0.39, 0.29) is 0 Å². The third-order valence-corrected chi connectivity index (χ3v) is 3.86. The van der Waals surface area contributed by atoms with Crippen LogP contribution in [0.3, 0.4) is 0 Å². The minimum absolute atomic E-state index is 0.306. The second kappa shape index (κ2) is 4.61. The van der Waals surface area contributed by atoms with Gasteiger partial charge in [-0.15, -0.1) is 5.10 Å². The largest absolute Gasteiger partial charge is 0.355 e. The van der Waals surface area contributed by atoms with Gasteiger partial charge in [-0.05, 0) is 50.2 Å². The molecule has 0 spiro atoms. The van der Waals surface area contributed by atoms with Gasteiger partial charge >= 0.3 is 0 Å². The minimum Gasteiger partial charge on any atom is -0.355 e. The minimum atomic E-state index is 0.306. The second-order valence-corrected chi connectivity index (χ2v) is 5.23. The molecule has 1 unspecified atom stereocenters. The van der Waals surface area contributed by atoms with Gasteiger partial charge in [0.15, 0.2) is 5.82 Å². The van der Waals surface area contributed by atoms with Crippen molar-refractivity contribution in [2.24, 2.45) is 5.73 Å². The van der Waals surface area contributed by atoms with Gasteiger partial charge in [0.05, 0.1) is 5.69 Å². The molecule has 1 aromatic heterocycles. The van der Waals surface area contributed by atoms with Crippen LogP contribution >= 0.6 is 0 Å². The van der Waals surface area contributed by atoms with Crippen LogP contribution in [0.2, 0.25) is 0 Å². The lowest BCUT2D eigenvalue weighted by Gasteiger charge is -2.28. The molecule has 4 nitrogen and oxygen atoms in total. The molecule has 17 heavy (non-hydrogen) atoms. The van der Waals surface area contributed by atoms with E-state index in [0.717, 1.165) is 43.9 Å². The molecule has 0 bridgehead atoms. The smallest absolute Gasteiger partial charge is 0.151 e. The average molecular weight is 232 g/mol. The van der Waals surface area contributed by atoms with Gasteiger partial charge in [-0.3, -0.25) is 0 Å². The lowest BCUT2D eigenvalue weighted by Crippen LogP contribution is -2.32. The number of anilines is 1. The van der Waals surface area contributed by atoms with Crippen LogP contribution in [0.25, 0.3) is 0 Å². The predicted molar refractivity (Wildman–Crippen MR) is 68.1 cm³/mol. The van der Waals surface area contributed by atoms with Crippen molar-refractivity contribution in [3.8, 4) is 0 Å². The normalized spacial score (nSPS) is 24.5. The molecule has 1 saturated heterocycles. The molecule has 2 aliphatic rings. The SMILES string of the molecule is NC1CCc2nnc(N3CCCCC3)cc2C1. The van der Waals surface area contributed by atoms with Gasteiger partial charge in [-0.25, -0.2) is 0 Å². The van der Waals surface area contributed by atoms with E-state index < -0.39 is 0 Å². The molecular formula is C13H20N4. The summed E-state index contributed by atoms with van der Waals surface area (Å²) in [5, 5.41) is 8.76. The van der Waals surface area contributed by atoms with Crippen molar-refractivity contribution in [3.63, 3.8) is 0 Å². The van der Waals surface area contributed by atoms with Gasteiger partial charge in [0.2, 0.25) is 0 Å². The van der Waals surface area contributed by atoms with E-state index >= 15 is 0 Å². The number of rotatable bonds is 1. The summed E-state index contributed by atoms with van der Waals surface area (Å²) in [6.07, 6.45) is 6.90. The van der Waals surface area contributed by atoms with Crippen LogP contribution in [0, 0.1) is 0 Å². The van der Waals surface area contributed by atoms with Crippen LogP contribution in [0.1, 0.15) is 36.9 Å². The molecule has 0 radical (unpaired) electrons. The van der Waals surface area contributed by atoms with Gasteiger partial charge in [0.1, 0.15) is 0 Å². The van der Waals surface area contributed by atoms with E-state index in [2.05, 4.69) is 21.2 Å². The van der Waals surface area contributed by atoms with Crippen molar-refractivity contribution in [3.05, 3.63) is 17.3 Å². The summed E-state index contributed by atoms with van der Waals surface area (Å²) >= 11 is 0. The van der Waals surface area contributed by atoms with Crippen LogP contribution in [0.15, 0.2) is 6.07 Å². The molecule has 1 aromatic rings. The number of nitrogens with two attached hydrogens (primary N) is 1. The third-order valence-electron chi connectivity index (χ3n) is 3.86. The Kier molecular flexibility index (Phi) is 2.97. The Labute approximate surface area is 102 Å². The number of aromatic nitrogens is 2. The number of piperidine rings is 1. The summed E-state index contributed by atoms with van der Waals surface area (Å²) in [5.74, 6) is 1.05. The summed E-state index contributed by atoms with van der Waals surface area (Å²) in [7, 11) is 0. The highest BCUT2D eigenvalue weighted by Crippen LogP contribution is 2.23. The van der Waals surface area contributed by atoms with E-state index in [1.807, 2.05) is 0 Å². The fraction of sp³-hybridized carbons (Fsp3) is 0.692. The first-order valence-corrected chi connectivity index (χ1v) is 6.69. The Balaban J connectivity index is 1.84. The summed E-state index contributed by atoms with van der Waals surface area (Å²) in [5.41, 5.74) is 8.49. The molecule has 0 amide bonds. The van der Waals surface area contributed by atoms with Crippen LogP contribution in [0.4, 0.5) is 5.82 Å². The molecule has 2 N–H and O–H groups in total. The van der Waals surface area contributed by atoms with E-state index in [1.165, 1.54) is 24.8 Å². The zero-order chi connectivity index (χ0) is 11.7. The number of hydrogen-bond donors (Lipinski definition) is 1. The number of nitrogens with zero attached hydrogens (tertiary/aromatic N) is 3. The first kappa shape index (κ1) is 11.0. The fourth-order valence-electron chi connectivity index (χ4n) is 2.82. The number of aryl methyl sites for hydroxylation is 1. The van der Waals surface area contributed by atoms with Crippen molar-refractivity contribution < 1.29 is 0 Å². The molecule has 2 heterocycles. The Morgan fingerprint density at radius 3 is 2.82 bits per heavy atom. The van der Waals surface area contributed by atoms with E-state index in [9.17, 15) is 0 Å². The summed E-state index contributed by atoms with van der Waals surface area (Å²) in [6.45, 7) is 2.25. The van der Waals surface area contributed by atoms with Gasteiger partial charge in [0, 0.05) is 19.1 Å². The quantitative estimate of drug-likeness (QED) is 0.792. The van der Waals surface area contributed by atoms with E-state index in [4.69, 9.17) is 5.73 Å². The molecule has 0 aromatic carbocycles. The molecule has 1 aliphatic heterocycles.